The second-order valence-electron chi connectivity index (χ2n) is 2.80. The van der Waals surface area contributed by atoms with E-state index in [0.29, 0.717) is 24.6 Å². The molecule has 15 heavy (non-hydrogen) atoms. The summed E-state index contributed by atoms with van der Waals surface area (Å²) >= 11 is 0. The Bertz CT molecular complexity index is 341. The fourth-order valence-electron chi connectivity index (χ4n) is 1.17. The number of hydrogen-bond donors (Lipinski definition) is 0. The number of aromatic nitrogens is 1. The van der Waals surface area contributed by atoms with E-state index in [9.17, 15) is 0 Å². The van der Waals surface area contributed by atoms with Crippen LogP contribution >= 0.6 is 0 Å². The summed E-state index contributed by atoms with van der Waals surface area (Å²) in [6.45, 7) is 4.87. The van der Waals surface area contributed by atoms with Crippen LogP contribution in [0, 0.1) is 11.3 Å². The van der Waals surface area contributed by atoms with E-state index in [-0.39, 0.29) is 0 Å². The Hall–Kier alpha value is -1.44. The van der Waals surface area contributed by atoms with Crippen LogP contribution in [0.5, 0.6) is 0 Å². The smallest absolute Gasteiger partial charge is 0.201 e. The topological polar surface area (TPSA) is 55.1 Å². The first-order valence-corrected chi connectivity index (χ1v) is 4.92. The van der Waals surface area contributed by atoms with Crippen molar-refractivity contribution in [3.63, 3.8) is 0 Å². The van der Waals surface area contributed by atoms with Crippen molar-refractivity contribution in [2.24, 2.45) is 0 Å². The molecule has 0 saturated heterocycles. The van der Waals surface area contributed by atoms with Crippen molar-refractivity contribution in [2.75, 3.05) is 13.2 Å². The third kappa shape index (κ3) is 3.31. The zero-order chi connectivity index (χ0) is 11.1. The molecule has 0 aliphatic heterocycles. The maximum Gasteiger partial charge on any atom is 0.201 e. The molecule has 1 heterocycles. The van der Waals surface area contributed by atoms with E-state index in [1.807, 2.05) is 19.9 Å². The summed E-state index contributed by atoms with van der Waals surface area (Å²) in [5, 5.41) is 8.71. The Morgan fingerprint density at radius 1 is 1.33 bits per heavy atom. The molecule has 0 saturated carbocycles. The van der Waals surface area contributed by atoms with Gasteiger partial charge >= 0.3 is 0 Å². The third-order valence-corrected chi connectivity index (χ3v) is 1.76. The minimum absolute atomic E-state index is 0.372. The summed E-state index contributed by atoms with van der Waals surface area (Å²) in [7, 11) is 0. The van der Waals surface area contributed by atoms with Crippen LogP contribution in [0.3, 0.4) is 0 Å². The van der Waals surface area contributed by atoms with E-state index < -0.39 is 6.29 Å². The lowest BCUT2D eigenvalue weighted by Gasteiger charge is -2.15. The maximum absolute atomic E-state index is 8.71. The predicted molar refractivity (Wildman–Crippen MR) is 54.9 cm³/mol. The van der Waals surface area contributed by atoms with Gasteiger partial charge in [0.1, 0.15) is 11.8 Å². The highest BCUT2D eigenvalue weighted by Gasteiger charge is 2.12. The molecule has 0 amide bonds. The molecule has 0 aliphatic carbocycles. The molecule has 0 aliphatic rings. The lowest BCUT2D eigenvalue weighted by Crippen LogP contribution is -2.10. The van der Waals surface area contributed by atoms with E-state index in [0.717, 1.165) is 0 Å². The zero-order valence-electron chi connectivity index (χ0n) is 8.93. The molecule has 0 bridgehead atoms. The van der Waals surface area contributed by atoms with Crippen molar-refractivity contribution in [3.05, 3.63) is 29.6 Å². The molecule has 0 spiro atoms. The predicted octanol–water partition coefficient (Wildman–Crippen LogP) is 2.02. The molecule has 0 radical (unpaired) electrons. The largest absolute Gasteiger partial charge is 0.347 e. The number of nitriles is 1. The van der Waals surface area contributed by atoms with Gasteiger partial charge in [0.15, 0.2) is 0 Å². The van der Waals surface area contributed by atoms with Crippen molar-refractivity contribution < 1.29 is 9.47 Å². The summed E-state index contributed by atoms with van der Waals surface area (Å²) in [6.07, 6.45) is -0.478. The average molecular weight is 206 g/mol. The van der Waals surface area contributed by atoms with Gasteiger partial charge < -0.3 is 9.47 Å². The average Bonchev–Trinajstić information content (AvgIpc) is 2.29. The summed E-state index contributed by atoms with van der Waals surface area (Å²) in [5.74, 6) is 0. The molecular weight excluding hydrogens is 192 g/mol. The van der Waals surface area contributed by atoms with Crippen molar-refractivity contribution in [1.82, 2.24) is 4.98 Å². The highest BCUT2D eigenvalue weighted by atomic mass is 16.7. The van der Waals surface area contributed by atoms with Gasteiger partial charge in [-0.15, -0.1) is 0 Å². The third-order valence-electron chi connectivity index (χ3n) is 1.76. The van der Waals surface area contributed by atoms with Crippen LogP contribution in [-0.4, -0.2) is 18.2 Å². The van der Waals surface area contributed by atoms with Gasteiger partial charge in [-0.05, 0) is 26.0 Å². The summed E-state index contributed by atoms with van der Waals surface area (Å²) in [4.78, 5) is 4.12. The Morgan fingerprint density at radius 3 is 2.53 bits per heavy atom. The van der Waals surface area contributed by atoms with Gasteiger partial charge in [0.2, 0.25) is 6.29 Å². The van der Waals surface area contributed by atoms with Crippen LogP contribution in [0.25, 0.3) is 0 Å². The lowest BCUT2D eigenvalue weighted by molar-refractivity contribution is -0.142. The molecule has 1 aromatic rings. The number of rotatable bonds is 5. The summed E-state index contributed by atoms with van der Waals surface area (Å²) < 4.78 is 10.7. The van der Waals surface area contributed by atoms with Crippen LogP contribution in [0.2, 0.25) is 0 Å². The Morgan fingerprint density at radius 2 is 2.00 bits per heavy atom. The summed E-state index contributed by atoms with van der Waals surface area (Å²) in [6, 6.07) is 7.19. The maximum atomic E-state index is 8.71. The molecule has 4 nitrogen and oxygen atoms in total. The molecular formula is C11H14N2O2. The molecule has 0 N–H and O–H groups in total. The lowest BCUT2D eigenvalue weighted by atomic mass is 10.3. The Labute approximate surface area is 89.5 Å². The minimum atomic E-state index is -0.478. The summed E-state index contributed by atoms with van der Waals surface area (Å²) in [5.41, 5.74) is 1.01. The second-order valence-corrected chi connectivity index (χ2v) is 2.80. The minimum Gasteiger partial charge on any atom is -0.347 e. The second kappa shape index (κ2) is 6.12. The van der Waals surface area contributed by atoms with Gasteiger partial charge in [-0.3, -0.25) is 0 Å². The molecule has 1 aromatic heterocycles. The van der Waals surface area contributed by atoms with Gasteiger partial charge in [-0.25, -0.2) is 4.98 Å². The highest BCUT2D eigenvalue weighted by Crippen LogP contribution is 2.16. The molecule has 0 aromatic carbocycles. The highest BCUT2D eigenvalue weighted by molar-refractivity contribution is 5.22. The van der Waals surface area contributed by atoms with Gasteiger partial charge in [-0.2, -0.15) is 5.26 Å². The van der Waals surface area contributed by atoms with Crippen LogP contribution in [0.15, 0.2) is 18.2 Å². The first-order valence-electron chi connectivity index (χ1n) is 4.92. The monoisotopic (exact) mass is 206 g/mol. The zero-order valence-corrected chi connectivity index (χ0v) is 8.93. The first kappa shape index (κ1) is 11.6. The van der Waals surface area contributed by atoms with Gasteiger partial charge in [-0.1, -0.05) is 6.07 Å². The van der Waals surface area contributed by atoms with Crippen LogP contribution in [-0.2, 0) is 9.47 Å². The van der Waals surface area contributed by atoms with E-state index in [2.05, 4.69) is 4.98 Å². The Balaban J connectivity index is 2.85. The molecule has 0 fully saturated rings. The van der Waals surface area contributed by atoms with E-state index in [1.54, 1.807) is 18.2 Å². The quantitative estimate of drug-likeness (QED) is 0.691. The van der Waals surface area contributed by atoms with Crippen molar-refractivity contribution in [1.29, 1.82) is 5.26 Å². The fourth-order valence-corrected chi connectivity index (χ4v) is 1.17. The molecule has 1 rings (SSSR count). The van der Waals surface area contributed by atoms with Crippen molar-refractivity contribution in [2.45, 2.75) is 20.1 Å². The van der Waals surface area contributed by atoms with E-state index >= 15 is 0 Å². The Kier molecular flexibility index (Phi) is 4.75. The van der Waals surface area contributed by atoms with Gasteiger partial charge in [0.05, 0.1) is 5.69 Å². The molecule has 4 heteroatoms. The van der Waals surface area contributed by atoms with Crippen LogP contribution in [0.4, 0.5) is 0 Å². The van der Waals surface area contributed by atoms with Gasteiger partial charge in [0, 0.05) is 13.2 Å². The van der Waals surface area contributed by atoms with E-state index in [4.69, 9.17) is 14.7 Å². The normalized spacial score (nSPS) is 10.3. The molecule has 80 valence electrons. The van der Waals surface area contributed by atoms with Crippen LogP contribution < -0.4 is 0 Å². The van der Waals surface area contributed by atoms with Gasteiger partial charge in [0.25, 0.3) is 0 Å². The molecule has 0 atom stereocenters. The van der Waals surface area contributed by atoms with Crippen LogP contribution in [0.1, 0.15) is 31.5 Å². The SMILES string of the molecule is CCOC(OCC)c1cccc(C#N)n1. The van der Waals surface area contributed by atoms with Crippen molar-refractivity contribution >= 4 is 0 Å². The number of ether oxygens (including phenoxy) is 2. The first-order chi connectivity index (χ1) is 7.31. The fraction of sp³-hybridized carbons (Fsp3) is 0.455. The number of pyridine rings is 1. The van der Waals surface area contributed by atoms with E-state index in [1.165, 1.54) is 0 Å². The molecule has 0 unspecified atom stereocenters. The standard InChI is InChI=1S/C11H14N2O2/c1-3-14-11(15-4-2)10-7-5-6-9(8-12)13-10/h5-7,11H,3-4H2,1-2H3. The van der Waals surface area contributed by atoms with Crippen molar-refractivity contribution in [3.8, 4) is 6.07 Å². The number of hydrogen-bond acceptors (Lipinski definition) is 4. The number of nitrogens with zero attached hydrogens (tertiary/aromatic N) is 2.